The fourth-order valence-corrected chi connectivity index (χ4v) is 2.36. The molecule has 2 rings (SSSR count). The summed E-state index contributed by atoms with van der Waals surface area (Å²) < 4.78 is 47.6. The van der Waals surface area contributed by atoms with Gasteiger partial charge in [0, 0.05) is 30.6 Å². The fourth-order valence-electron chi connectivity index (χ4n) is 2.36. The lowest BCUT2D eigenvalue weighted by Crippen LogP contribution is -2.21. The molecule has 1 unspecified atom stereocenters. The van der Waals surface area contributed by atoms with Gasteiger partial charge in [0.15, 0.2) is 0 Å². The highest BCUT2D eigenvalue weighted by atomic mass is 19.4. The number of hydrogen-bond acceptors (Lipinski definition) is 3. The lowest BCUT2D eigenvalue weighted by molar-refractivity contribution is -0.133. The molecule has 1 atom stereocenters. The summed E-state index contributed by atoms with van der Waals surface area (Å²) in [6.07, 6.45) is -4.01. The molecule has 3 nitrogen and oxygen atoms in total. The average Bonchev–Trinajstić information content (AvgIpc) is 2.73. The van der Waals surface area contributed by atoms with E-state index >= 15 is 0 Å². The Balaban J connectivity index is 2.02. The van der Waals surface area contributed by atoms with Gasteiger partial charge in [-0.05, 0) is 26.0 Å². The summed E-state index contributed by atoms with van der Waals surface area (Å²) in [5, 5.41) is 2.80. The molecule has 1 aromatic rings. The van der Waals surface area contributed by atoms with E-state index in [2.05, 4.69) is 5.32 Å². The Morgan fingerprint density at radius 3 is 2.81 bits per heavy atom. The molecule has 0 aromatic heterocycles. The number of rotatable bonds is 6. The molecule has 0 radical (unpaired) electrons. The molecule has 1 N–H and O–H groups in total. The highest BCUT2D eigenvalue weighted by molar-refractivity contribution is 5.48. The zero-order chi connectivity index (χ0) is 15.5. The largest absolute Gasteiger partial charge is 0.494 e. The summed E-state index contributed by atoms with van der Waals surface area (Å²) in [6, 6.07) is 3.80. The maximum atomic E-state index is 12.1. The summed E-state index contributed by atoms with van der Waals surface area (Å²) in [6.45, 7) is 4.61. The van der Waals surface area contributed by atoms with Gasteiger partial charge in [-0.1, -0.05) is 0 Å². The van der Waals surface area contributed by atoms with Gasteiger partial charge in [0.05, 0.1) is 13.0 Å². The second-order valence-corrected chi connectivity index (χ2v) is 5.18. The maximum Gasteiger partial charge on any atom is 0.390 e. The predicted molar refractivity (Wildman–Crippen MR) is 73.8 cm³/mol. The van der Waals surface area contributed by atoms with Crippen LogP contribution in [-0.4, -0.2) is 25.4 Å². The zero-order valence-corrected chi connectivity index (χ0v) is 12.2. The molecular formula is C15H20F3NO2. The Labute approximate surface area is 122 Å². The van der Waals surface area contributed by atoms with Crippen molar-refractivity contribution in [2.45, 2.75) is 45.5 Å². The Hall–Kier alpha value is -1.43. The van der Waals surface area contributed by atoms with Crippen LogP contribution in [0.4, 0.5) is 13.2 Å². The molecule has 0 aliphatic carbocycles. The van der Waals surface area contributed by atoms with Crippen molar-refractivity contribution < 1.29 is 22.6 Å². The molecule has 21 heavy (non-hydrogen) atoms. The molecule has 1 aliphatic heterocycles. The van der Waals surface area contributed by atoms with Crippen LogP contribution in [0, 0.1) is 0 Å². The van der Waals surface area contributed by atoms with Crippen LogP contribution in [0.3, 0.4) is 0 Å². The van der Waals surface area contributed by atoms with Crippen molar-refractivity contribution in [2.75, 3.05) is 13.2 Å². The van der Waals surface area contributed by atoms with Crippen molar-refractivity contribution in [1.82, 2.24) is 5.32 Å². The minimum absolute atomic E-state index is 0.108. The third-order valence-corrected chi connectivity index (χ3v) is 3.28. The first-order valence-electron chi connectivity index (χ1n) is 7.11. The van der Waals surface area contributed by atoms with E-state index in [-0.39, 0.29) is 12.6 Å². The van der Waals surface area contributed by atoms with Gasteiger partial charge in [0.2, 0.25) is 0 Å². The summed E-state index contributed by atoms with van der Waals surface area (Å²) in [7, 11) is 0. The Kier molecular flexibility index (Phi) is 4.98. The topological polar surface area (TPSA) is 30.5 Å². The van der Waals surface area contributed by atoms with Crippen LogP contribution in [0.15, 0.2) is 12.1 Å². The lowest BCUT2D eigenvalue weighted by Gasteiger charge is -2.14. The highest BCUT2D eigenvalue weighted by Crippen LogP contribution is 2.35. The fraction of sp³-hybridized carbons (Fsp3) is 0.600. The van der Waals surface area contributed by atoms with E-state index in [4.69, 9.17) is 9.47 Å². The average molecular weight is 303 g/mol. The number of ether oxygens (including phenoxy) is 2. The summed E-state index contributed by atoms with van der Waals surface area (Å²) in [5.74, 6) is 1.52. The monoisotopic (exact) mass is 303 g/mol. The van der Waals surface area contributed by atoms with Gasteiger partial charge in [0.1, 0.15) is 17.6 Å². The summed E-state index contributed by atoms with van der Waals surface area (Å²) in [4.78, 5) is 0. The van der Waals surface area contributed by atoms with Crippen LogP contribution in [-0.2, 0) is 13.0 Å². The van der Waals surface area contributed by atoms with Crippen LogP contribution < -0.4 is 14.8 Å². The second kappa shape index (κ2) is 6.56. The SMILES string of the molecule is CCOc1cc2c(cc1CNCCC(F)(F)F)OC(C)C2. The standard InChI is InChI=1S/C15H20F3NO2/c1-3-20-13-7-11-6-10(2)21-14(11)8-12(13)9-19-5-4-15(16,17)18/h7-8,10,19H,3-6,9H2,1-2H3. The van der Waals surface area contributed by atoms with Gasteiger partial charge >= 0.3 is 6.18 Å². The summed E-state index contributed by atoms with van der Waals surface area (Å²) in [5.41, 5.74) is 1.91. The van der Waals surface area contributed by atoms with Crippen molar-refractivity contribution in [3.05, 3.63) is 23.3 Å². The Bertz CT molecular complexity index is 489. The van der Waals surface area contributed by atoms with Crippen molar-refractivity contribution in [1.29, 1.82) is 0 Å². The first-order valence-corrected chi connectivity index (χ1v) is 7.11. The third-order valence-electron chi connectivity index (χ3n) is 3.28. The van der Waals surface area contributed by atoms with Crippen molar-refractivity contribution in [3.8, 4) is 11.5 Å². The zero-order valence-electron chi connectivity index (χ0n) is 12.2. The van der Waals surface area contributed by atoms with Crippen molar-refractivity contribution >= 4 is 0 Å². The molecule has 0 saturated heterocycles. The van der Waals surface area contributed by atoms with Gasteiger partial charge in [-0.2, -0.15) is 13.2 Å². The van der Waals surface area contributed by atoms with Gasteiger partial charge in [0.25, 0.3) is 0 Å². The molecule has 0 bridgehead atoms. The number of benzene rings is 1. The molecule has 0 fully saturated rings. The van der Waals surface area contributed by atoms with E-state index < -0.39 is 12.6 Å². The van der Waals surface area contributed by atoms with Gasteiger partial charge in [-0.15, -0.1) is 0 Å². The summed E-state index contributed by atoms with van der Waals surface area (Å²) >= 11 is 0. The first-order chi connectivity index (χ1) is 9.89. The van der Waals surface area contributed by atoms with Crippen LogP contribution in [0.2, 0.25) is 0 Å². The number of hydrogen-bond donors (Lipinski definition) is 1. The second-order valence-electron chi connectivity index (χ2n) is 5.18. The van der Waals surface area contributed by atoms with E-state index in [1.54, 1.807) is 0 Å². The molecular weight excluding hydrogens is 283 g/mol. The minimum Gasteiger partial charge on any atom is -0.494 e. The number of alkyl halides is 3. The van der Waals surface area contributed by atoms with Crippen LogP contribution in [0.5, 0.6) is 11.5 Å². The van der Waals surface area contributed by atoms with Crippen LogP contribution >= 0.6 is 0 Å². The van der Waals surface area contributed by atoms with E-state index in [9.17, 15) is 13.2 Å². The molecule has 0 amide bonds. The number of halogens is 3. The van der Waals surface area contributed by atoms with E-state index in [0.717, 1.165) is 23.3 Å². The van der Waals surface area contributed by atoms with Crippen molar-refractivity contribution in [3.63, 3.8) is 0 Å². The number of fused-ring (bicyclic) bond motifs is 1. The molecule has 1 aromatic carbocycles. The van der Waals surface area contributed by atoms with E-state index in [0.29, 0.717) is 18.9 Å². The molecule has 1 heterocycles. The van der Waals surface area contributed by atoms with E-state index in [1.807, 2.05) is 26.0 Å². The Morgan fingerprint density at radius 1 is 1.38 bits per heavy atom. The highest BCUT2D eigenvalue weighted by Gasteiger charge is 2.26. The molecule has 6 heteroatoms. The van der Waals surface area contributed by atoms with Gasteiger partial charge < -0.3 is 14.8 Å². The van der Waals surface area contributed by atoms with Crippen LogP contribution in [0.25, 0.3) is 0 Å². The minimum atomic E-state index is -4.13. The molecule has 1 aliphatic rings. The first kappa shape index (κ1) is 15.9. The normalized spacial score (nSPS) is 17.5. The van der Waals surface area contributed by atoms with Gasteiger partial charge in [-0.3, -0.25) is 0 Å². The molecule has 0 spiro atoms. The smallest absolute Gasteiger partial charge is 0.390 e. The molecule has 118 valence electrons. The quantitative estimate of drug-likeness (QED) is 0.817. The number of nitrogens with one attached hydrogen (secondary N) is 1. The lowest BCUT2D eigenvalue weighted by atomic mass is 10.1. The van der Waals surface area contributed by atoms with Crippen LogP contribution in [0.1, 0.15) is 31.4 Å². The predicted octanol–water partition coefficient (Wildman–Crippen LogP) is 3.45. The third kappa shape index (κ3) is 4.52. The van der Waals surface area contributed by atoms with Crippen molar-refractivity contribution in [2.24, 2.45) is 0 Å². The maximum absolute atomic E-state index is 12.1. The Morgan fingerprint density at radius 2 is 2.14 bits per heavy atom. The van der Waals surface area contributed by atoms with E-state index in [1.165, 1.54) is 0 Å². The molecule has 0 saturated carbocycles. The van der Waals surface area contributed by atoms with Gasteiger partial charge in [-0.25, -0.2) is 0 Å².